The Morgan fingerprint density at radius 2 is 1.78 bits per heavy atom. The molecule has 0 unspecified atom stereocenters. The van der Waals surface area contributed by atoms with Crippen molar-refractivity contribution in [3.8, 4) is 5.75 Å². The molecule has 0 aliphatic carbocycles. The van der Waals surface area contributed by atoms with Crippen LogP contribution in [0.3, 0.4) is 0 Å². The van der Waals surface area contributed by atoms with E-state index >= 15 is 0 Å². The van der Waals surface area contributed by atoms with E-state index < -0.39 is 28.4 Å². The number of hydrogen-bond acceptors (Lipinski definition) is 6. The second kappa shape index (κ2) is 8.54. The van der Waals surface area contributed by atoms with Gasteiger partial charge >= 0.3 is 5.97 Å². The van der Waals surface area contributed by atoms with Crippen molar-refractivity contribution >= 4 is 33.3 Å². The highest BCUT2D eigenvalue weighted by atomic mass is 32.2. The molecular formula is C18H20N2O6S. The van der Waals surface area contributed by atoms with E-state index in [2.05, 4.69) is 5.32 Å². The van der Waals surface area contributed by atoms with Gasteiger partial charge in [-0.25, -0.2) is 13.2 Å². The molecule has 9 heteroatoms. The SMILES string of the molecule is COC(=O)c1ccccc1N(CC(=O)Nc1cccc(OC)c1)S(C)(=O)=O. The first-order chi connectivity index (χ1) is 12.8. The standard InChI is InChI=1S/C18H20N2O6S/c1-25-14-8-6-7-13(11-14)19-17(21)12-20(27(3,23)24)16-10-5-4-9-15(16)18(22)26-2/h4-11H,12H2,1-3H3,(H,19,21). The number of hydrogen-bond donors (Lipinski definition) is 1. The molecule has 8 nitrogen and oxygen atoms in total. The van der Waals surface area contributed by atoms with Gasteiger partial charge in [-0.05, 0) is 24.3 Å². The van der Waals surface area contributed by atoms with Crippen LogP contribution in [-0.2, 0) is 19.6 Å². The van der Waals surface area contributed by atoms with E-state index in [9.17, 15) is 18.0 Å². The fraction of sp³-hybridized carbons (Fsp3) is 0.222. The third kappa shape index (κ3) is 5.20. The van der Waals surface area contributed by atoms with Crippen LogP contribution in [-0.4, -0.2) is 47.3 Å². The number of rotatable bonds is 7. The lowest BCUT2D eigenvalue weighted by Gasteiger charge is -2.23. The van der Waals surface area contributed by atoms with Gasteiger partial charge in [-0.1, -0.05) is 18.2 Å². The smallest absolute Gasteiger partial charge is 0.340 e. The number of nitrogens with one attached hydrogen (secondary N) is 1. The van der Waals surface area contributed by atoms with Crippen molar-refractivity contribution < 1.29 is 27.5 Å². The quantitative estimate of drug-likeness (QED) is 0.722. The van der Waals surface area contributed by atoms with Crippen LogP contribution in [0.1, 0.15) is 10.4 Å². The minimum absolute atomic E-state index is 0.0413. The van der Waals surface area contributed by atoms with Gasteiger partial charge in [0.05, 0.1) is 31.7 Å². The molecule has 2 aromatic carbocycles. The normalized spacial score (nSPS) is 10.8. The molecule has 0 aromatic heterocycles. The number of esters is 1. The molecule has 1 N–H and O–H groups in total. The monoisotopic (exact) mass is 392 g/mol. The first-order valence-corrected chi connectivity index (χ1v) is 9.70. The summed E-state index contributed by atoms with van der Waals surface area (Å²) in [7, 11) is -1.15. The molecule has 0 spiro atoms. The molecule has 27 heavy (non-hydrogen) atoms. The van der Waals surface area contributed by atoms with Crippen molar-refractivity contribution in [2.45, 2.75) is 0 Å². The summed E-state index contributed by atoms with van der Waals surface area (Å²) in [5.74, 6) is -0.732. The second-order valence-electron chi connectivity index (χ2n) is 5.56. The number of anilines is 2. The Balaban J connectivity index is 2.31. The molecule has 0 heterocycles. The highest BCUT2D eigenvalue weighted by Crippen LogP contribution is 2.24. The molecule has 0 aliphatic heterocycles. The molecule has 0 radical (unpaired) electrons. The predicted molar refractivity (Wildman–Crippen MR) is 102 cm³/mol. The number of sulfonamides is 1. The van der Waals surface area contributed by atoms with Crippen molar-refractivity contribution in [1.29, 1.82) is 0 Å². The van der Waals surface area contributed by atoms with Crippen LogP contribution in [0.4, 0.5) is 11.4 Å². The fourth-order valence-corrected chi connectivity index (χ4v) is 3.25. The molecular weight excluding hydrogens is 372 g/mol. The Morgan fingerprint density at radius 3 is 2.41 bits per heavy atom. The molecule has 0 aliphatic rings. The van der Waals surface area contributed by atoms with Crippen molar-refractivity contribution in [1.82, 2.24) is 0 Å². The van der Waals surface area contributed by atoms with Gasteiger partial charge in [0.2, 0.25) is 15.9 Å². The average molecular weight is 392 g/mol. The van der Waals surface area contributed by atoms with Crippen LogP contribution in [0.5, 0.6) is 5.75 Å². The van der Waals surface area contributed by atoms with E-state index in [1.54, 1.807) is 36.4 Å². The van der Waals surface area contributed by atoms with E-state index in [1.807, 2.05) is 0 Å². The molecule has 2 aromatic rings. The van der Waals surface area contributed by atoms with Gasteiger partial charge in [0.1, 0.15) is 12.3 Å². The lowest BCUT2D eigenvalue weighted by molar-refractivity contribution is -0.114. The zero-order valence-electron chi connectivity index (χ0n) is 15.1. The van der Waals surface area contributed by atoms with Crippen LogP contribution in [0.2, 0.25) is 0 Å². The van der Waals surface area contributed by atoms with Crippen molar-refractivity contribution in [2.75, 3.05) is 36.6 Å². The van der Waals surface area contributed by atoms with Gasteiger partial charge in [-0.2, -0.15) is 0 Å². The maximum atomic E-state index is 12.4. The van der Waals surface area contributed by atoms with Crippen LogP contribution in [0, 0.1) is 0 Å². The predicted octanol–water partition coefficient (Wildman–Crippen LogP) is 1.89. The Kier molecular flexibility index (Phi) is 6.40. The van der Waals surface area contributed by atoms with Crippen LogP contribution in [0.25, 0.3) is 0 Å². The number of methoxy groups -OCH3 is 2. The van der Waals surface area contributed by atoms with Crippen LogP contribution >= 0.6 is 0 Å². The number of carbonyl (C=O) groups is 2. The maximum absolute atomic E-state index is 12.4. The molecule has 2 rings (SSSR count). The molecule has 0 fully saturated rings. The molecule has 1 amide bonds. The summed E-state index contributed by atoms with van der Waals surface area (Å²) >= 11 is 0. The van der Waals surface area contributed by atoms with Gasteiger partial charge in [-0.15, -0.1) is 0 Å². The van der Waals surface area contributed by atoms with Gasteiger partial charge in [0.15, 0.2) is 0 Å². The lowest BCUT2D eigenvalue weighted by atomic mass is 10.2. The van der Waals surface area contributed by atoms with Gasteiger partial charge < -0.3 is 14.8 Å². The Labute approximate surface area is 157 Å². The number of nitrogens with zero attached hydrogens (tertiary/aromatic N) is 1. The summed E-state index contributed by atoms with van der Waals surface area (Å²) in [6.07, 6.45) is 0.958. The molecule has 0 saturated carbocycles. The lowest BCUT2D eigenvalue weighted by Crippen LogP contribution is -2.38. The highest BCUT2D eigenvalue weighted by molar-refractivity contribution is 7.92. The third-order valence-corrected chi connectivity index (χ3v) is 4.75. The number of ether oxygens (including phenoxy) is 2. The molecule has 144 valence electrons. The number of carbonyl (C=O) groups excluding carboxylic acids is 2. The molecule has 0 bridgehead atoms. The first kappa shape index (κ1) is 20.2. The third-order valence-electron chi connectivity index (χ3n) is 3.62. The largest absolute Gasteiger partial charge is 0.497 e. The summed E-state index contributed by atoms with van der Waals surface area (Å²) in [6, 6.07) is 12.7. The van der Waals surface area contributed by atoms with Gasteiger partial charge in [0, 0.05) is 11.8 Å². The summed E-state index contributed by atoms with van der Waals surface area (Å²) in [4.78, 5) is 24.4. The summed E-state index contributed by atoms with van der Waals surface area (Å²) < 4.78 is 35.1. The van der Waals surface area contributed by atoms with Crippen LogP contribution in [0.15, 0.2) is 48.5 Å². The molecule has 0 atom stereocenters. The minimum Gasteiger partial charge on any atom is -0.497 e. The zero-order chi connectivity index (χ0) is 20.0. The summed E-state index contributed by atoms with van der Waals surface area (Å²) in [6.45, 7) is -0.510. The second-order valence-corrected chi connectivity index (χ2v) is 7.47. The summed E-state index contributed by atoms with van der Waals surface area (Å²) in [5, 5.41) is 2.61. The number of amides is 1. The highest BCUT2D eigenvalue weighted by Gasteiger charge is 2.25. The summed E-state index contributed by atoms with van der Waals surface area (Å²) in [5.41, 5.74) is 0.557. The van der Waals surface area contributed by atoms with Crippen molar-refractivity contribution in [2.24, 2.45) is 0 Å². The van der Waals surface area contributed by atoms with Gasteiger partial charge in [0.25, 0.3) is 0 Å². The fourth-order valence-electron chi connectivity index (χ4n) is 2.39. The van der Waals surface area contributed by atoms with Crippen LogP contribution < -0.4 is 14.4 Å². The van der Waals surface area contributed by atoms with Gasteiger partial charge in [-0.3, -0.25) is 9.10 Å². The van der Waals surface area contributed by atoms with E-state index in [1.165, 1.54) is 26.4 Å². The Hall–Kier alpha value is -3.07. The number of benzene rings is 2. The number of para-hydroxylation sites is 1. The van der Waals surface area contributed by atoms with E-state index in [-0.39, 0.29) is 11.3 Å². The first-order valence-electron chi connectivity index (χ1n) is 7.85. The van der Waals surface area contributed by atoms with E-state index in [0.717, 1.165) is 10.6 Å². The Bertz CT molecular complexity index is 942. The minimum atomic E-state index is -3.84. The average Bonchev–Trinajstić information content (AvgIpc) is 2.64. The van der Waals surface area contributed by atoms with Crippen molar-refractivity contribution in [3.05, 3.63) is 54.1 Å². The topological polar surface area (TPSA) is 102 Å². The van der Waals surface area contributed by atoms with E-state index in [0.29, 0.717) is 11.4 Å². The zero-order valence-corrected chi connectivity index (χ0v) is 15.9. The van der Waals surface area contributed by atoms with Crippen molar-refractivity contribution in [3.63, 3.8) is 0 Å². The molecule has 0 saturated heterocycles. The van der Waals surface area contributed by atoms with E-state index in [4.69, 9.17) is 9.47 Å². The Morgan fingerprint density at radius 1 is 1.07 bits per heavy atom. The maximum Gasteiger partial charge on any atom is 0.340 e.